The SMILES string of the molecule is CCc1cccc(NC(=O)C(C)C(C)N)c1.Cl. The highest BCUT2D eigenvalue weighted by Gasteiger charge is 2.16. The summed E-state index contributed by atoms with van der Waals surface area (Å²) in [7, 11) is 0. The van der Waals surface area contributed by atoms with Crippen molar-refractivity contribution in [2.75, 3.05) is 5.32 Å². The van der Waals surface area contributed by atoms with Gasteiger partial charge in [-0.2, -0.15) is 0 Å². The molecule has 0 spiro atoms. The number of aryl methyl sites for hydroxylation is 1. The normalized spacial score (nSPS) is 13.4. The molecule has 96 valence electrons. The van der Waals surface area contributed by atoms with Crippen molar-refractivity contribution in [2.45, 2.75) is 33.2 Å². The molecule has 0 aliphatic carbocycles. The van der Waals surface area contributed by atoms with E-state index < -0.39 is 0 Å². The van der Waals surface area contributed by atoms with Gasteiger partial charge in [-0.25, -0.2) is 0 Å². The van der Waals surface area contributed by atoms with E-state index in [0.29, 0.717) is 0 Å². The third-order valence-electron chi connectivity index (χ3n) is 2.81. The molecule has 0 saturated heterocycles. The van der Waals surface area contributed by atoms with E-state index in [1.54, 1.807) is 0 Å². The van der Waals surface area contributed by atoms with Crippen LogP contribution in [-0.2, 0) is 11.2 Å². The van der Waals surface area contributed by atoms with Crippen molar-refractivity contribution in [1.29, 1.82) is 0 Å². The average molecular weight is 257 g/mol. The fourth-order valence-corrected chi connectivity index (χ4v) is 1.36. The number of anilines is 1. The molecule has 1 aromatic carbocycles. The molecular formula is C13H21ClN2O. The van der Waals surface area contributed by atoms with Gasteiger partial charge in [0.15, 0.2) is 0 Å². The molecule has 0 aromatic heterocycles. The predicted molar refractivity (Wildman–Crippen MR) is 74.5 cm³/mol. The minimum absolute atomic E-state index is 0. The van der Waals surface area contributed by atoms with Gasteiger partial charge in [0.2, 0.25) is 5.91 Å². The second-order valence-corrected chi connectivity index (χ2v) is 4.19. The number of carbonyl (C=O) groups excluding carboxylic acids is 1. The lowest BCUT2D eigenvalue weighted by molar-refractivity contribution is -0.119. The molecule has 0 fully saturated rings. The van der Waals surface area contributed by atoms with Gasteiger partial charge in [0.05, 0.1) is 5.92 Å². The summed E-state index contributed by atoms with van der Waals surface area (Å²) in [6.07, 6.45) is 0.965. The Hall–Kier alpha value is -1.06. The Balaban J connectivity index is 0.00000256. The number of nitrogens with one attached hydrogen (secondary N) is 1. The number of benzene rings is 1. The van der Waals surface area contributed by atoms with E-state index in [0.717, 1.165) is 12.1 Å². The van der Waals surface area contributed by atoms with E-state index in [-0.39, 0.29) is 30.3 Å². The molecule has 0 bridgehead atoms. The van der Waals surface area contributed by atoms with Crippen molar-refractivity contribution in [1.82, 2.24) is 0 Å². The topological polar surface area (TPSA) is 55.1 Å². The average Bonchev–Trinajstić information content (AvgIpc) is 2.28. The van der Waals surface area contributed by atoms with Crippen LogP contribution in [0.5, 0.6) is 0 Å². The minimum Gasteiger partial charge on any atom is -0.327 e. The molecule has 4 heteroatoms. The quantitative estimate of drug-likeness (QED) is 0.870. The van der Waals surface area contributed by atoms with Crippen LogP contribution in [0.1, 0.15) is 26.3 Å². The number of carbonyl (C=O) groups is 1. The smallest absolute Gasteiger partial charge is 0.228 e. The molecule has 0 aliphatic heterocycles. The zero-order valence-corrected chi connectivity index (χ0v) is 11.4. The number of halogens is 1. The van der Waals surface area contributed by atoms with Crippen molar-refractivity contribution >= 4 is 24.0 Å². The van der Waals surface area contributed by atoms with E-state index >= 15 is 0 Å². The Morgan fingerprint density at radius 2 is 2.06 bits per heavy atom. The van der Waals surface area contributed by atoms with Crippen LogP contribution in [0.2, 0.25) is 0 Å². The summed E-state index contributed by atoms with van der Waals surface area (Å²) in [5, 5.41) is 2.88. The van der Waals surface area contributed by atoms with Crippen molar-refractivity contribution in [3.05, 3.63) is 29.8 Å². The lowest BCUT2D eigenvalue weighted by Crippen LogP contribution is -2.34. The maximum Gasteiger partial charge on any atom is 0.228 e. The molecule has 0 saturated carbocycles. The second-order valence-electron chi connectivity index (χ2n) is 4.19. The molecule has 1 rings (SSSR count). The summed E-state index contributed by atoms with van der Waals surface area (Å²) < 4.78 is 0. The monoisotopic (exact) mass is 256 g/mol. The van der Waals surface area contributed by atoms with Crippen LogP contribution in [0, 0.1) is 5.92 Å². The number of hydrogen-bond donors (Lipinski definition) is 2. The number of hydrogen-bond acceptors (Lipinski definition) is 2. The van der Waals surface area contributed by atoms with Crippen LogP contribution >= 0.6 is 12.4 Å². The molecule has 0 radical (unpaired) electrons. The predicted octanol–water partition coefficient (Wildman–Crippen LogP) is 2.59. The van der Waals surface area contributed by atoms with Crippen molar-refractivity contribution in [3.63, 3.8) is 0 Å². The van der Waals surface area contributed by atoms with Gasteiger partial charge in [-0.3, -0.25) is 4.79 Å². The van der Waals surface area contributed by atoms with Gasteiger partial charge >= 0.3 is 0 Å². The number of amides is 1. The molecular weight excluding hydrogens is 236 g/mol. The molecule has 2 atom stereocenters. The summed E-state index contributed by atoms with van der Waals surface area (Å²) in [4.78, 5) is 11.8. The van der Waals surface area contributed by atoms with Gasteiger partial charge in [0.1, 0.15) is 0 Å². The Labute approximate surface area is 109 Å². The minimum atomic E-state index is -0.176. The zero-order chi connectivity index (χ0) is 12.1. The highest BCUT2D eigenvalue weighted by molar-refractivity contribution is 5.92. The van der Waals surface area contributed by atoms with Crippen LogP contribution in [-0.4, -0.2) is 11.9 Å². The first-order valence-corrected chi connectivity index (χ1v) is 5.70. The zero-order valence-electron chi connectivity index (χ0n) is 10.6. The van der Waals surface area contributed by atoms with Crippen molar-refractivity contribution in [2.24, 2.45) is 11.7 Å². The van der Waals surface area contributed by atoms with Crippen LogP contribution in [0.25, 0.3) is 0 Å². The standard InChI is InChI=1S/C13H20N2O.ClH/c1-4-11-6-5-7-12(8-11)15-13(16)9(2)10(3)14;/h5-10H,4,14H2,1-3H3,(H,15,16);1H. The molecule has 3 N–H and O–H groups in total. The van der Waals surface area contributed by atoms with Gasteiger partial charge < -0.3 is 11.1 Å². The summed E-state index contributed by atoms with van der Waals surface area (Å²) in [5.74, 6) is -0.200. The molecule has 0 heterocycles. The maximum absolute atomic E-state index is 11.8. The Morgan fingerprint density at radius 1 is 1.41 bits per heavy atom. The summed E-state index contributed by atoms with van der Waals surface area (Å²) in [6, 6.07) is 7.75. The molecule has 1 amide bonds. The van der Waals surface area contributed by atoms with E-state index in [9.17, 15) is 4.79 Å². The molecule has 1 aromatic rings. The summed E-state index contributed by atoms with van der Waals surface area (Å²) >= 11 is 0. The summed E-state index contributed by atoms with van der Waals surface area (Å²) in [5.41, 5.74) is 7.74. The van der Waals surface area contributed by atoms with Crippen LogP contribution in [0.4, 0.5) is 5.69 Å². The van der Waals surface area contributed by atoms with Crippen LogP contribution in [0.15, 0.2) is 24.3 Å². The van der Waals surface area contributed by atoms with E-state index in [1.165, 1.54) is 5.56 Å². The maximum atomic E-state index is 11.8. The second kappa shape index (κ2) is 7.30. The first kappa shape index (κ1) is 15.9. The van der Waals surface area contributed by atoms with E-state index in [1.807, 2.05) is 38.1 Å². The first-order chi connectivity index (χ1) is 7.54. The van der Waals surface area contributed by atoms with Crippen molar-refractivity contribution in [3.8, 4) is 0 Å². The summed E-state index contributed by atoms with van der Waals surface area (Å²) in [6.45, 7) is 5.77. The Kier molecular flexibility index (Phi) is 6.85. The fourth-order valence-electron chi connectivity index (χ4n) is 1.36. The molecule has 3 nitrogen and oxygen atoms in total. The van der Waals surface area contributed by atoms with Gasteiger partial charge in [-0.1, -0.05) is 26.0 Å². The number of nitrogens with two attached hydrogens (primary N) is 1. The van der Waals surface area contributed by atoms with Crippen LogP contribution < -0.4 is 11.1 Å². The van der Waals surface area contributed by atoms with Crippen molar-refractivity contribution < 1.29 is 4.79 Å². The number of rotatable bonds is 4. The van der Waals surface area contributed by atoms with Gasteiger partial charge in [0, 0.05) is 11.7 Å². The lowest BCUT2D eigenvalue weighted by atomic mass is 10.0. The first-order valence-electron chi connectivity index (χ1n) is 5.70. The van der Waals surface area contributed by atoms with Crippen LogP contribution in [0.3, 0.4) is 0 Å². The molecule has 2 unspecified atom stereocenters. The largest absolute Gasteiger partial charge is 0.327 e. The highest BCUT2D eigenvalue weighted by atomic mass is 35.5. The molecule has 17 heavy (non-hydrogen) atoms. The fraction of sp³-hybridized carbons (Fsp3) is 0.462. The molecule has 0 aliphatic rings. The third kappa shape index (κ3) is 4.75. The lowest BCUT2D eigenvalue weighted by Gasteiger charge is -2.15. The van der Waals surface area contributed by atoms with E-state index in [2.05, 4.69) is 12.2 Å². The Morgan fingerprint density at radius 3 is 2.59 bits per heavy atom. The van der Waals surface area contributed by atoms with Gasteiger partial charge in [0.25, 0.3) is 0 Å². The Bertz CT molecular complexity index is 366. The third-order valence-corrected chi connectivity index (χ3v) is 2.81. The highest BCUT2D eigenvalue weighted by Crippen LogP contribution is 2.13. The van der Waals surface area contributed by atoms with Gasteiger partial charge in [-0.05, 0) is 31.0 Å². The van der Waals surface area contributed by atoms with E-state index in [4.69, 9.17) is 5.73 Å². The van der Waals surface area contributed by atoms with Gasteiger partial charge in [-0.15, -0.1) is 12.4 Å².